The second-order valence-corrected chi connectivity index (χ2v) is 5.29. The lowest BCUT2D eigenvalue weighted by Gasteiger charge is -2.14. The zero-order valence-electron chi connectivity index (χ0n) is 10.1. The van der Waals surface area contributed by atoms with Crippen molar-refractivity contribution in [2.75, 3.05) is 12.4 Å². The molecule has 0 aliphatic heterocycles. The van der Waals surface area contributed by atoms with E-state index in [1.54, 1.807) is 36.9 Å². The Kier molecular flexibility index (Phi) is 5.88. The molecule has 0 aliphatic carbocycles. The van der Waals surface area contributed by atoms with E-state index >= 15 is 0 Å². The first-order valence-corrected chi connectivity index (χ1v) is 6.61. The van der Waals surface area contributed by atoms with Crippen molar-refractivity contribution in [1.29, 1.82) is 5.26 Å². The number of aliphatic hydroxyl groups is 1. The SMILES string of the molecule is C[C@@H](O)[C@@H](C)SCCOc1cccc(C#N)c1. The molecule has 1 rings (SSSR count). The summed E-state index contributed by atoms with van der Waals surface area (Å²) in [6.45, 7) is 4.36. The molecule has 0 saturated heterocycles. The van der Waals surface area contributed by atoms with Gasteiger partial charge in [-0.05, 0) is 25.1 Å². The monoisotopic (exact) mass is 251 g/mol. The van der Waals surface area contributed by atoms with E-state index in [-0.39, 0.29) is 11.4 Å². The van der Waals surface area contributed by atoms with Gasteiger partial charge in [-0.3, -0.25) is 0 Å². The van der Waals surface area contributed by atoms with Crippen LogP contribution in [0.25, 0.3) is 0 Å². The summed E-state index contributed by atoms with van der Waals surface area (Å²) in [5.41, 5.74) is 0.604. The van der Waals surface area contributed by atoms with Crippen LogP contribution in [0.3, 0.4) is 0 Å². The van der Waals surface area contributed by atoms with Crippen molar-refractivity contribution in [3.05, 3.63) is 29.8 Å². The van der Waals surface area contributed by atoms with Crippen LogP contribution in [0, 0.1) is 11.3 Å². The third kappa shape index (κ3) is 5.12. The van der Waals surface area contributed by atoms with Gasteiger partial charge in [-0.2, -0.15) is 17.0 Å². The molecular formula is C13H17NO2S. The quantitative estimate of drug-likeness (QED) is 0.789. The third-order valence-electron chi connectivity index (χ3n) is 2.38. The van der Waals surface area contributed by atoms with Crippen molar-refractivity contribution in [3.8, 4) is 11.8 Å². The summed E-state index contributed by atoms with van der Waals surface area (Å²) in [7, 11) is 0. The van der Waals surface area contributed by atoms with Crippen molar-refractivity contribution in [1.82, 2.24) is 0 Å². The molecule has 1 aromatic carbocycles. The molecule has 0 aromatic heterocycles. The van der Waals surface area contributed by atoms with Gasteiger partial charge in [0.25, 0.3) is 0 Å². The van der Waals surface area contributed by atoms with Crippen LogP contribution >= 0.6 is 11.8 Å². The van der Waals surface area contributed by atoms with Crippen molar-refractivity contribution in [2.45, 2.75) is 25.2 Å². The number of benzene rings is 1. The maximum absolute atomic E-state index is 9.31. The number of nitriles is 1. The molecule has 2 atom stereocenters. The Morgan fingerprint density at radius 3 is 2.88 bits per heavy atom. The summed E-state index contributed by atoms with van der Waals surface area (Å²) < 4.78 is 5.53. The minimum Gasteiger partial charge on any atom is -0.493 e. The molecule has 4 heteroatoms. The van der Waals surface area contributed by atoms with Gasteiger partial charge >= 0.3 is 0 Å². The normalized spacial score (nSPS) is 13.8. The number of aliphatic hydroxyl groups excluding tert-OH is 1. The van der Waals surface area contributed by atoms with Crippen molar-refractivity contribution in [3.63, 3.8) is 0 Å². The molecule has 0 heterocycles. The smallest absolute Gasteiger partial charge is 0.120 e. The standard InChI is InChI=1S/C13H17NO2S/c1-10(15)11(2)17-7-6-16-13-5-3-4-12(8-13)9-14/h3-5,8,10-11,15H,6-7H2,1-2H3/t10-,11-/m1/s1. The molecule has 0 radical (unpaired) electrons. The Hall–Kier alpha value is -1.18. The molecular weight excluding hydrogens is 234 g/mol. The molecule has 0 bridgehead atoms. The first kappa shape index (κ1) is 13.9. The van der Waals surface area contributed by atoms with Crippen molar-refractivity contribution in [2.24, 2.45) is 0 Å². The fraction of sp³-hybridized carbons (Fsp3) is 0.462. The fourth-order valence-electron chi connectivity index (χ4n) is 1.19. The van der Waals surface area contributed by atoms with Crippen LogP contribution in [0.1, 0.15) is 19.4 Å². The predicted molar refractivity (Wildman–Crippen MR) is 70.3 cm³/mol. The lowest BCUT2D eigenvalue weighted by atomic mass is 10.2. The number of rotatable bonds is 6. The second kappa shape index (κ2) is 7.21. The number of hydrogen-bond acceptors (Lipinski definition) is 4. The van der Waals surface area contributed by atoms with E-state index in [0.717, 1.165) is 5.75 Å². The van der Waals surface area contributed by atoms with Gasteiger partial charge in [0.2, 0.25) is 0 Å². The maximum atomic E-state index is 9.31. The molecule has 0 spiro atoms. The van der Waals surface area contributed by atoms with Gasteiger partial charge in [0, 0.05) is 11.0 Å². The number of nitrogens with zero attached hydrogens (tertiary/aromatic N) is 1. The fourth-order valence-corrected chi connectivity index (χ4v) is 2.02. The van der Waals surface area contributed by atoms with Gasteiger partial charge in [-0.1, -0.05) is 13.0 Å². The molecule has 1 N–H and O–H groups in total. The van der Waals surface area contributed by atoms with Gasteiger partial charge in [0.15, 0.2) is 0 Å². The zero-order valence-corrected chi connectivity index (χ0v) is 10.9. The summed E-state index contributed by atoms with van der Waals surface area (Å²) in [5, 5.41) is 18.2. The lowest BCUT2D eigenvalue weighted by Crippen LogP contribution is -2.17. The average Bonchev–Trinajstić information content (AvgIpc) is 2.34. The average molecular weight is 251 g/mol. The van der Waals surface area contributed by atoms with Crippen LogP contribution in [0.4, 0.5) is 0 Å². The zero-order chi connectivity index (χ0) is 12.7. The molecule has 92 valence electrons. The Morgan fingerprint density at radius 1 is 1.47 bits per heavy atom. The van der Waals surface area contributed by atoms with Crippen molar-refractivity contribution >= 4 is 11.8 Å². The minimum absolute atomic E-state index is 0.212. The highest BCUT2D eigenvalue weighted by Crippen LogP contribution is 2.16. The van der Waals surface area contributed by atoms with E-state index in [1.807, 2.05) is 13.0 Å². The first-order chi connectivity index (χ1) is 8.13. The molecule has 0 amide bonds. The highest BCUT2D eigenvalue weighted by atomic mass is 32.2. The molecule has 0 aliphatic rings. The van der Waals surface area contributed by atoms with E-state index in [4.69, 9.17) is 10.00 Å². The summed E-state index contributed by atoms with van der Waals surface area (Å²) in [4.78, 5) is 0. The first-order valence-electron chi connectivity index (χ1n) is 5.56. The van der Waals surface area contributed by atoms with Crippen LogP contribution in [-0.4, -0.2) is 28.8 Å². The van der Waals surface area contributed by atoms with Crippen molar-refractivity contribution < 1.29 is 9.84 Å². The molecule has 3 nitrogen and oxygen atoms in total. The lowest BCUT2D eigenvalue weighted by molar-refractivity contribution is 0.196. The number of ether oxygens (including phenoxy) is 1. The number of hydrogen-bond donors (Lipinski definition) is 1. The van der Waals surface area contributed by atoms with Crippen LogP contribution in [-0.2, 0) is 0 Å². The van der Waals surface area contributed by atoms with Gasteiger partial charge in [-0.15, -0.1) is 0 Å². The Labute approximate surface area is 106 Å². The summed E-state index contributed by atoms with van der Waals surface area (Å²) in [6.07, 6.45) is -0.304. The molecule has 0 unspecified atom stereocenters. The summed E-state index contributed by atoms with van der Waals surface area (Å²) >= 11 is 1.67. The minimum atomic E-state index is -0.304. The molecule has 17 heavy (non-hydrogen) atoms. The third-order valence-corrected chi connectivity index (χ3v) is 3.70. The topological polar surface area (TPSA) is 53.2 Å². The molecule has 1 aromatic rings. The van der Waals surface area contributed by atoms with Crippen LogP contribution in [0.15, 0.2) is 24.3 Å². The van der Waals surface area contributed by atoms with Gasteiger partial charge < -0.3 is 9.84 Å². The van der Waals surface area contributed by atoms with E-state index in [2.05, 4.69) is 6.07 Å². The van der Waals surface area contributed by atoms with Gasteiger partial charge in [-0.25, -0.2) is 0 Å². The van der Waals surface area contributed by atoms with E-state index < -0.39 is 0 Å². The van der Waals surface area contributed by atoms with E-state index in [0.29, 0.717) is 17.9 Å². The largest absolute Gasteiger partial charge is 0.493 e. The summed E-state index contributed by atoms with van der Waals surface area (Å²) in [6, 6.07) is 9.19. The van der Waals surface area contributed by atoms with Gasteiger partial charge in [0.05, 0.1) is 24.3 Å². The maximum Gasteiger partial charge on any atom is 0.120 e. The predicted octanol–water partition coefficient (Wildman–Crippen LogP) is 2.44. The Bertz CT molecular complexity index is 387. The van der Waals surface area contributed by atoms with Crippen LogP contribution < -0.4 is 4.74 Å². The highest BCUT2D eigenvalue weighted by molar-refractivity contribution is 7.99. The Morgan fingerprint density at radius 2 is 2.24 bits per heavy atom. The number of thioether (sulfide) groups is 1. The van der Waals surface area contributed by atoms with E-state index in [1.165, 1.54) is 0 Å². The highest BCUT2D eigenvalue weighted by Gasteiger charge is 2.08. The van der Waals surface area contributed by atoms with Gasteiger partial charge in [0.1, 0.15) is 5.75 Å². The molecule has 0 fully saturated rings. The summed E-state index contributed by atoms with van der Waals surface area (Å²) in [5.74, 6) is 1.54. The second-order valence-electron chi connectivity index (χ2n) is 3.80. The Balaban J connectivity index is 2.29. The molecule has 0 saturated carbocycles. The van der Waals surface area contributed by atoms with Crippen LogP contribution in [0.2, 0.25) is 0 Å². The van der Waals surface area contributed by atoms with Crippen LogP contribution in [0.5, 0.6) is 5.75 Å². The van der Waals surface area contributed by atoms with E-state index in [9.17, 15) is 5.11 Å².